The second-order valence-corrected chi connectivity index (χ2v) is 3.07. The van der Waals surface area contributed by atoms with Crippen LogP contribution in [0.25, 0.3) is 0 Å². The molecule has 0 atom stereocenters. The van der Waals surface area contributed by atoms with Crippen LogP contribution in [-0.2, 0) is 0 Å². The van der Waals surface area contributed by atoms with Crippen LogP contribution in [0.15, 0.2) is 16.7 Å². The first-order valence-corrected chi connectivity index (χ1v) is 3.89. The van der Waals surface area contributed by atoms with Gasteiger partial charge in [0.25, 0.3) is 0 Å². The highest BCUT2D eigenvalue weighted by atomic mass is 79.9. The molecule has 1 aromatic heterocycles. The summed E-state index contributed by atoms with van der Waals surface area (Å²) in [5.74, 6) is -0.519. The lowest BCUT2D eigenvalue weighted by molar-refractivity contribution is 0.1000. The van der Waals surface area contributed by atoms with Gasteiger partial charge in [-0.25, -0.2) is 4.98 Å². The van der Waals surface area contributed by atoms with Crippen molar-refractivity contribution in [3.05, 3.63) is 27.5 Å². The quantitative estimate of drug-likeness (QED) is 0.752. The van der Waals surface area contributed by atoms with Crippen LogP contribution in [0.1, 0.15) is 10.4 Å². The minimum Gasteiger partial charge on any atom is -0.366 e. The molecule has 0 spiro atoms. The first-order chi connectivity index (χ1) is 5.11. The van der Waals surface area contributed by atoms with Crippen molar-refractivity contribution < 1.29 is 4.79 Å². The summed E-state index contributed by atoms with van der Waals surface area (Å²) in [7, 11) is 0. The number of carbonyl (C=O) groups is 1. The lowest BCUT2D eigenvalue weighted by Crippen LogP contribution is -2.11. The molecule has 0 bridgehead atoms. The Morgan fingerprint density at radius 1 is 1.73 bits per heavy atom. The monoisotopic (exact) mass is 234 g/mol. The molecule has 5 heteroatoms. The number of aromatic nitrogens is 1. The molecule has 0 aliphatic rings. The third-order valence-corrected chi connectivity index (χ3v) is 2.21. The number of hydrogen-bond donors (Lipinski definition) is 1. The Morgan fingerprint density at radius 3 is 2.82 bits per heavy atom. The minimum absolute atomic E-state index is 0.315. The second-order valence-electron chi connectivity index (χ2n) is 1.86. The van der Waals surface area contributed by atoms with Crippen molar-refractivity contribution in [3.8, 4) is 0 Å². The number of rotatable bonds is 1. The van der Waals surface area contributed by atoms with Crippen molar-refractivity contribution in [2.45, 2.75) is 0 Å². The van der Waals surface area contributed by atoms with Gasteiger partial charge in [0.1, 0.15) is 5.15 Å². The Kier molecular flexibility index (Phi) is 2.46. The highest BCUT2D eigenvalue weighted by molar-refractivity contribution is 9.10. The van der Waals surface area contributed by atoms with Crippen LogP contribution in [0.4, 0.5) is 0 Å². The molecule has 0 unspecified atom stereocenters. The lowest BCUT2D eigenvalue weighted by Gasteiger charge is -1.96. The molecule has 2 N–H and O–H groups in total. The fourth-order valence-electron chi connectivity index (χ4n) is 0.556. The van der Waals surface area contributed by atoms with Crippen molar-refractivity contribution in [2.75, 3.05) is 0 Å². The smallest absolute Gasteiger partial charge is 0.250 e. The highest BCUT2D eigenvalue weighted by Crippen LogP contribution is 2.19. The molecule has 0 aliphatic carbocycles. The van der Waals surface area contributed by atoms with Crippen molar-refractivity contribution in [1.82, 2.24) is 4.98 Å². The van der Waals surface area contributed by atoms with Gasteiger partial charge in [-0.2, -0.15) is 0 Å². The lowest BCUT2D eigenvalue weighted by atomic mass is 10.3. The van der Waals surface area contributed by atoms with E-state index in [0.29, 0.717) is 15.2 Å². The maximum absolute atomic E-state index is 10.6. The summed E-state index contributed by atoms with van der Waals surface area (Å²) in [6.07, 6.45) is 1.33. The molecule has 1 rings (SSSR count). The zero-order valence-electron chi connectivity index (χ0n) is 5.34. The molecule has 0 radical (unpaired) electrons. The Hall–Kier alpha value is -0.610. The molecule has 1 amide bonds. The third kappa shape index (κ3) is 1.91. The Bertz CT molecular complexity index is 303. The number of hydrogen-bond acceptors (Lipinski definition) is 2. The van der Waals surface area contributed by atoms with Gasteiger partial charge in [-0.15, -0.1) is 0 Å². The summed E-state index contributed by atoms with van der Waals surface area (Å²) in [6, 6.07) is 1.53. The molecule has 0 saturated heterocycles. The summed E-state index contributed by atoms with van der Waals surface area (Å²) in [6.45, 7) is 0. The molecule has 0 aliphatic heterocycles. The van der Waals surface area contributed by atoms with E-state index in [1.165, 1.54) is 12.3 Å². The molecule has 3 nitrogen and oxygen atoms in total. The minimum atomic E-state index is -0.519. The summed E-state index contributed by atoms with van der Waals surface area (Å²) in [5, 5.41) is 0.315. The van der Waals surface area contributed by atoms with Crippen molar-refractivity contribution in [2.24, 2.45) is 5.73 Å². The number of pyridine rings is 1. The summed E-state index contributed by atoms with van der Waals surface area (Å²) < 4.78 is 0.565. The van der Waals surface area contributed by atoms with E-state index >= 15 is 0 Å². The Labute approximate surface area is 76.7 Å². The summed E-state index contributed by atoms with van der Waals surface area (Å²) in [4.78, 5) is 14.3. The zero-order chi connectivity index (χ0) is 8.43. The number of amides is 1. The fraction of sp³-hybridized carbons (Fsp3) is 0. The van der Waals surface area contributed by atoms with E-state index in [4.69, 9.17) is 17.3 Å². The van der Waals surface area contributed by atoms with Gasteiger partial charge in [0.05, 0.1) is 10.0 Å². The van der Waals surface area contributed by atoms with Crippen LogP contribution in [0.5, 0.6) is 0 Å². The van der Waals surface area contributed by atoms with Crippen LogP contribution >= 0.6 is 27.5 Å². The van der Waals surface area contributed by atoms with E-state index < -0.39 is 5.91 Å². The number of carbonyl (C=O) groups excluding carboxylic acids is 1. The van der Waals surface area contributed by atoms with Gasteiger partial charge >= 0.3 is 0 Å². The van der Waals surface area contributed by atoms with Crippen LogP contribution in [-0.4, -0.2) is 10.9 Å². The Morgan fingerprint density at radius 2 is 2.36 bits per heavy atom. The van der Waals surface area contributed by atoms with E-state index in [0.717, 1.165) is 0 Å². The van der Waals surface area contributed by atoms with E-state index in [1.54, 1.807) is 0 Å². The zero-order valence-corrected chi connectivity index (χ0v) is 7.69. The first kappa shape index (κ1) is 8.49. The molecule has 11 heavy (non-hydrogen) atoms. The van der Waals surface area contributed by atoms with E-state index in [2.05, 4.69) is 20.9 Å². The molecular formula is C6H4BrClN2O. The summed E-state index contributed by atoms with van der Waals surface area (Å²) in [5.41, 5.74) is 5.32. The normalized spacial score (nSPS) is 9.64. The van der Waals surface area contributed by atoms with Gasteiger partial charge in [-0.1, -0.05) is 11.6 Å². The molecule has 0 fully saturated rings. The predicted molar refractivity (Wildman–Crippen MR) is 45.5 cm³/mol. The van der Waals surface area contributed by atoms with Gasteiger partial charge in [-0.3, -0.25) is 4.79 Å². The molecule has 1 heterocycles. The van der Waals surface area contributed by atoms with Crippen LogP contribution in [0, 0.1) is 0 Å². The van der Waals surface area contributed by atoms with Gasteiger partial charge in [0.15, 0.2) is 0 Å². The standard InChI is InChI=1S/C6H4BrClN2O/c7-4-1-3(6(9)11)2-10-5(4)8/h1-2H,(H2,9,11). The number of primary amides is 1. The summed E-state index contributed by atoms with van der Waals surface area (Å²) >= 11 is 8.69. The number of nitrogens with zero attached hydrogens (tertiary/aromatic N) is 1. The predicted octanol–water partition coefficient (Wildman–Crippen LogP) is 1.60. The molecule has 58 valence electrons. The largest absolute Gasteiger partial charge is 0.366 e. The van der Waals surface area contributed by atoms with Gasteiger partial charge in [-0.05, 0) is 22.0 Å². The third-order valence-electron chi connectivity index (χ3n) is 1.08. The molecular weight excluding hydrogens is 231 g/mol. The van der Waals surface area contributed by atoms with Crippen molar-refractivity contribution >= 4 is 33.4 Å². The van der Waals surface area contributed by atoms with Crippen molar-refractivity contribution in [3.63, 3.8) is 0 Å². The van der Waals surface area contributed by atoms with Crippen LogP contribution in [0.2, 0.25) is 5.15 Å². The van der Waals surface area contributed by atoms with Crippen molar-refractivity contribution in [1.29, 1.82) is 0 Å². The SMILES string of the molecule is NC(=O)c1cnc(Cl)c(Br)c1. The topological polar surface area (TPSA) is 56.0 Å². The second kappa shape index (κ2) is 3.19. The maximum Gasteiger partial charge on any atom is 0.250 e. The van der Waals surface area contributed by atoms with Gasteiger partial charge in [0.2, 0.25) is 5.91 Å². The van der Waals surface area contributed by atoms with E-state index in [9.17, 15) is 4.79 Å². The average molecular weight is 235 g/mol. The fourth-order valence-corrected chi connectivity index (χ4v) is 1.01. The average Bonchev–Trinajstić information content (AvgIpc) is 1.94. The van der Waals surface area contributed by atoms with E-state index in [-0.39, 0.29) is 0 Å². The molecule has 0 saturated carbocycles. The van der Waals surface area contributed by atoms with Crippen LogP contribution in [0.3, 0.4) is 0 Å². The van der Waals surface area contributed by atoms with Crippen LogP contribution < -0.4 is 5.73 Å². The number of nitrogens with two attached hydrogens (primary N) is 1. The highest BCUT2D eigenvalue weighted by Gasteiger charge is 2.03. The molecule has 1 aromatic rings. The molecule has 0 aromatic carbocycles. The number of halogens is 2. The van der Waals surface area contributed by atoms with E-state index in [1.807, 2.05) is 0 Å². The van der Waals surface area contributed by atoms with Gasteiger partial charge in [0, 0.05) is 6.20 Å². The maximum atomic E-state index is 10.6. The van der Waals surface area contributed by atoms with Gasteiger partial charge < -0.3 is 5.73 Å². The Balaban J connectivity index is 3.15. The first-order valence-electron chi connectivity index (χ1n) is 2.72.